The molecule has 304 valence electrons. The molecule has 4 aliphatic heterocycles. The van der Waals surface area contributed by atoms with Crippen LogP contribution in [0.3, 0.4) is 0 Å². The molecule has 4 aliphatic rings. The van der Waals surface area contributed by atoms with Crippen LogP contribution in [0.25, 0.3) is 0 Å². The monoisotopic (exact) mass is 810 g/mol. The van der Waals surface area contributed by atoms with E-state index in [1.807, 2.05) is 0 Å². The quantitative estimate of drug-likeness (QED) is 0.209. The summed E-state index contributed by atoms with van der Waals surface area (Å²) < 4.78 is 67.1. The van der Waals surface area contributed by atoms with Crippen LogP contribution in [0.15, 0.2) is 58.4 Å². The molecule has 2 aromatic heterocycles. The molecule has 4 atom stereocenters. The predicted molar refractivity (Wildman–Crippen MR) is 191 cm³/mol. The maximum atomic E-state index is 13.7. The van der Waals surface area contributed by atoms with Crippen LogP contribution in [-0.2, 0) is 35.7 Å². The number of nitrogens with zero attached hydrogens (tertiary/aromatic N) is 4. The number of aromatic hydroxyl groups is 2. The maximum absolute atomic E-state index is 13.7. The first kappa shape index (κ1) is 39.7. The highest BCUT2D eigenvalue weighted by molar-refractivity contribution is 6.00. The first-order chi connectivity index (χ1) is 27.5. The standard InChI is InChI=1S/2C19H17F2N3O5/c2*1-9-8-29-14-7-23-6-12(16(25)17(26)15(23)19(28)24(9)14)18(27)22-5-10-2-3-11(20)4-13(10)21/h2*2-4,6,9,14,26H,5,7-8H2,1H3,(H,22,27)/t2*9-,14+/m00/s1. The smallest absolute Gasteiger partial charge is 0.276 e. The van der Waals surface area contributed by atoms with Gasteiger partial charge in [-0.15, -0.1) is 0 Å². The SMILES string of the molecule is C[C@H]1CO[C@@H]2Cn3cc(C(=O)NCc4ccc(F)cc4F)c(=O)c(O)c3C(=O)N12.C[C@H]1CO[C@@H]2Cn3cc(C(=O)NCc4ccc(F)cc4F)c(=O)c(O)c3C(=O)N12. The van der Waals surface area contributed by atoms with E-state index in [4.69, 9.17) is 9.47 Å². The number of fused-ring (bicyclic) bond motifs is 4. The molecular weight excluding hydrogens is 776 g/mol. The van der Waals surface area contributed by atoms with Crippen LogP contribution in [0.2, 0.25) is 0 Å². The van der Waals surface area contributed by atoms with Gasteiger partial charge in [0.15, 0.2) is 35.3 Å². The lowest BCUT2D eigenvalue weighted by molar-refractivity contribution is 0.00557. The number of carbonyl (C=O) groups excluding carboxylic acids is 4. The number of ether oxygens (including phenoxy) is 2. The van der Waals surface area contributed by atoms with E-state index in [2.05, 4.69) is 10.6 Å². The molecular formula is C38H34F4N6O10. The van der Waals surface area contributed by atoms with Gasteiger partial charge in [0.1, 0.15) is 34.4 Å². The van der Waals surface area contributed by atoms with E-state index < -0.39 is 92.8 Å². The molecule has 2 saturated heterocycles. The molecule has 2 aromatic carbocycles. The molecule has 4 aromatic rings. The first-order valence-electron chi connectivity index (χ1n) is 17.8. The van der Waals surface area contributed by atoms with E-state index in [9.17, 15) is 56.5 Å². The van der Waals surface area contributed by atoms with Crippen molar-refractivity contribution in [3.05, 3.63) is 126 Å². The average Bonchev–Trinajstić information content (AvgIpc) is 3.75. The second-order valence-electron chi connectivity index (χ2n) is 14.0. The minimum Gasteiger partial charge on any atom is -0.503 e. The largest absolute Gasteiger partial charge is 0.503 e. The number of aromatic nitrogens is 2. The van der Waals surface area contributed by atoms with E-state index in [1.165, 1.54) is 43.5 Å². The van der Waals surface area contributed by atoms with Gasteiger partial charge in [-0.25, -0.2) is 17.6 Å². The van der Waals surface area contributed by atoms with Crippen LogP contribution in [-0.4, -0.2) is 90.5 Å². The molecule has 16 nitrogen and oxygen atoms in total. The molecule has 0 bridgehead atoms. The summed E-state index contributed by atoms with van der Waals surface area (Å²) in [7, 11) is 0. The normalized spacial score (nSPS) is 20.4. The molecule has 0 radical (unpaired) electrons. The van der Waals surface area contributed by atoms with Crippen LogP contribution in [0.4, 0.5) is 17.6 Å². The van der Waals surface area contributed by atoms with Crippen LogP contribution in [0.1, 0.15) is 66.7 Å². The second-order valence-corrected chi connectivity index (χ2v) is 14.0. The molecule has 20 heteroatoms. The molecule has 0 spiro atoms. The van der Waals surface area contributed by atoms with Gasteiger partial charge in [0, 0.05) is 48.7 Å². The Balaban J connectivity index is 0.000000177. The Kier molecular flexibility index (Phi) is 10.6. The third kappa shape index (κ3) is 7.15. The summed E-state index contributed by atoms with van der Waals surface area (Å²) in [6.07, 6.45) is 1.23. The minimum absolute atomic E-state index is 0.0289. The Morgan fingerprint density at radius 2 is 1.05 bits per heavy atom. The van der Waals surface area contributed by atoms with E-state index in [1.54, 1.807) is 13.8 Å². The topological polar surface area (TPSA) is 202 Å². The highest BCUT2D eigenvalue weighted by atomic mass is 19.1. The lowest BCUT2D eigenvalue weighted by atomic mass is 10.1. The van der Waals surface area contributed by atoms with Crippen LogP contribution in [0, 0.1) is 23.3 Å². The van der Waals surface area contributed by atoms with Gasteiger partial charge in [0.25, 0.3) is 23.6 Å². The lowest BCUT2D eigenvalue weighted by Gasteiger charge is -2.33. The third-order valence-electron chi connectivity index (χ3n) is 10.1. The van der Waals surface area contributed by atoms with Gasteiger partial charge in [-0.1, -0.05) is 12.1 Å². The number of hydrogen-bond acceptors (Lipinski definition) is 10. The average molecular weight is 811 g/mol. The molecule has 8 rings (SSSR count). The van der Waals surface area contributed by atoms with Crippen LogP contribution >= 0.6 is 0 Å². The first-order valence-corrected chi connectivity index (χ1v) is 17.8. The zero-order chi connectivity index (χ0) is 41.7. The summed E-state index contributed by atoms with van der Waals surface area (Å²) in [6, 6.07) is 5.40. The van der Waals surface area contributed by atoms with E-state index in [0.29, 0.717) is 25.3 Å². The highest BCUT2D eigenvalue weighted by Gasteiger charge is 2.44. The Hall–Kier alpha value is -6.54. The zero-order valence-corrected chi connectivity index (χ0v) is 30.6. The number of rotatable bonds is 6. The van der Waals surface area contributed by atoms with E-state index in [-0.39, 0.29) is 60.8 Å². The fraction of sp³-hybridized carbons (Fsp3) is 0.316. The van der Waals surface area contributed by atoms with Gasteiger partial charge in [-0.2, -0.15) is 0 Å². The van der Waals surface area contributed by atoms with Gasteiger partial charge < -0.3 is 49.3 Å². The van der Waals surface area contributed by atoms with Crippen LogP contribution < -0.4 is 21.5 Å². The maximum Gasteiger partial charge on any atom is 0.276 e. The van der Waals surface area contributed by atoms with Gasteiger partial charge >= 0.3 is 0 Å². The van der Waals surface area contributed by atoms with Crippen molar-refractivity contribution in [2.24, 2.45) is 0 Å². The Morgan fingerprint density at radius 1 is 0.672 bits per heavy atom. The highest BCUT2D eigenvalue weighted by Crippen LogP contribution is 2.31. The molecule has 2 fully saturated rings. The van der Waals surface area contributed by atoms with Gasteiger partial charge in [-0.05, 0) is 26.0 Å². The summed E-state index contributed by atoms with van der Waals surface area (Å²) in [5.41, 5.74) is -3.17. The van der Waals surface area contributed by atoms with Crippen LogP contribution in [0.5, 0.6) is 11.5 Å². The van der Waals surface area contributed by atoms with Gasteiger partial charge in [-0.3, -0.25) is 28.8 Å². The Morgan fingerprint density at radius 3 is 1.41 bits per heavy atom. The lowest BCUT2D eigenvalue weighted by Crippen LogP contribution is -2.49. The van der Waals surface area contributed by atoms with Crippen molar-refractivity contribution in [2.45, 2.75) is 64.6 Å². The molecule has 4 amide bonds. The molecule has 58 heavy (non-hydrogen) atoms. The summed E-state index contributed by atoms with van der Waals surface area (Å²) in [6.45, 7) is 3.95. The second kappa shape index (κ2) is 15.4. The van der Waals surface area contributed by atoms with Crippen molar-refractivity contribution < 1.29 is 56.4 Å². The number of halogens is 4. The number of carbonyl (C=O) groups is 4. The Bertz CT molecular complexity index is 2340. The molecule has 0 aliphatic carbocycles. The molecule has 4 N–H and O–H groups in total. The van der Waals surface area contributed by atoms with Crippen molar-refractivity contribution in [1.29, 1.82) is 0 Å². The minimum atomic E-state index is -1.01. The fourth-order valence-electron chi connectivity index (χ4n) is 7.15. The van der Waals surface area contributed by atoms with Crippen molar-refractivity contribution in [3.63, 3.8) is 0 Å². The number of nitrogens with one attached hydrogen (secondary N) is 2. The van der Waals surface area contributed by atoms with Gasteiger partial charge in [0.2, 0.25) is 10.9 Å². The molecule has 0 unspecified atom stereocenters. The number of benzene rings is 2. The summed E-state index contributed by atoms with van der Waals surface area (Å²) >= 11 is 0. The van der Waals surface area contributed by atoms with Crippen molar-refractivity contribution in [3.8, 4) is 11.5 Å². The Labute approximate surface area is 324 Å². The third-order valence-corrected chi connectivity index (χ3v) is 10.1. The van der Waals surface area contributed by atoms with E-state index in [0.717, 1.165) is 12.1 Å². The van der Waals surface area contributed by atoms with Crippen molar-refractivity contribution >= 4 is 23.6 Å². The number of pyridine rings is 2. The summed E-state index contributed by atoms with van der Waals surface area (Å²) in [4.78, 5) is 78.1. The summed E-state index contributed by atoms with van der Waals surface area (Å²) in [5.74, 6) is -7.67. The zero-order valence-electron chi connectivity index (χ0n) is 30.6. The van der Waals surface area contributed by atoms with Gasteiger partial charge in [0.05, 0.1) is 38.4 Å². The number of hydrogen-bond donors (Lipinski definition) is 4. The number of amides is 4. The van der Waals surface area contributed by atoms with Crippen molar-refractivity contribution in [1.82, 2.24) is 29.6 Å². The van der Waals surface area contributed by atoms with E-state index >= 15 is 0 Å². The fourth-order valence-corrected chi connectivity index (χ4v) is 7.15. The predicted octanol–water partition coefficient (Wildman–Crippen LogP) is 1.93. The summed E-state index contributed by atoms with van der Waals surface area (Å²) in [5, 5.41) is 25.3. The van der Waals surface area contributed by atoms with Crippen molar-refractivity contribution in [2.75, 3.05) is 13.2 Å². The molecule has 0 saturated carbocycles. The molecule has 6 heterocycles.